The Bertz CT molecular complexity index is 861. The molecule has 0 aliphatic carbocycles. The second-order valence-corrected chi connectivity index (χ2v) is 7.97. The van der Waals surface area contributed by atoms with Crippen molar-refractivity contribution in [1.82, 2.24) is 24.2 Å². The van der Waals surface area contributed by atoms with Gasteiger partial charge in [-0.1, -0.05) is 0 Å². The van der Waals surface area contributed by atoms with Gasteiger partial charge in [0, 0.05) is 18.8 Å². The first kappa shape index (κ1) is 16.8. The standard InChI is InChI=1S/C15H21N5O3S/c1-11-9-14-17-12(6-8-20(14)18-11)13-5-3-4-7-19(13)15(21)10-16-24(2,22)23/h6,8-9,13,16H,3-5,7,10H2,1-2H3. The van der Waals surface area contributed by atoms with Crippen molar-refractivity contribution in [1.29, 1.82) is 0 Å². The third-order valence-corrected chi connectivity index (χ3v) is 4.79. The molecule has 3 heterocycles. The molecule has 0 radical (unpaired) electrons. The molecule has 2 aromatic heterocycles. The van der Waals surface area contributed by atoms with Crippen molar-refractivity contribution in [3.63, 3.8) is 0 Å². The Labute approximate surface area is 140 Å². The number of aryl methyl sites for hydroxylation is 1. The molecule has 0 saturated carbocycles. The third kappa shape index (κ3) is 3.73. The van der Waals surface area contributed by atoms with Crippen molar-refractivity contribution in [3.05, 3.63) is 29.7 Å². The first-order chi connectivity index (χ1) is 11.3. The van der Waals surface area contributed by atoms with E-state index < -0.39 is 10.0 Å². The Hall–Kier alpha value is -2.00. The van der Waals surface area contributed by atoms with Gasteiger partial charge < -0.3 is 4.90 Å². The molecule has 130 valence electrons. The van der Waals surface area contributed by atoms with Crippen LogP contribution < -0.4 is 4.72 Å². The van der Waals surface area contributed by atoms with E-state index in [1.165, 1.54) is 0 Å². The minimum atomic E-state index is -3.39. The number of nitrogens with one attached hydrogen (secondary N) is 1. The fourth-order valence-corrected chi connectivity index (χ4v) is 3.42. The maximum absolute atomic E-state index is 12.4. The molecule has 0 bridgehead atoms. The van der Waals surface area contributed by atoms with Gasteiger partial charge in [-0.2, -0.15) is 5.10 Å². The lowest BCUT2D eigenvalue weighted by atomic mass is 9.99. The molecule has 1 atom stereocenters. The van der Waals surface area contributed by atoms with E-state index in [0.29, 0.717) is 6.54 Å². The number of amides is 1. The molecule has 24 heavy (non-hydrogen) atoms. The number of likely N-dealkylation sites (tertiary alicyclic amines) is 1. The van der Waals surface area contributed by atoms with E-state index in [-0.39, 0.29) is 18.5 Å². The zero-order valence-corrected chi connectivity index (χ0v) is 14.6. The molecule has 3 rings (SSSR count). The monoisotopic (exact) mass is 351 g/mol. The summed E-state index contributed by atoms with van der Waals surface area (Å²) in [7, 11) is -3.39. The van der Waals surface area contributed by atoms with E-state index in [1.807, 2.05) is 25.3 Å². The van der Waals surface area contributed by atoms with E-state index >= 15 is 0 Å². The van der Waals surface area contributed by atoms with Crippen molar-refractivity contribution in [2.24, 2.45) is 0 Å². The predicted octanol–water partition coefficient (Wildman–Crippen LogP) is 0.641. The predicted molar refractivity (Wildman–Crippen MR) is 88.9 cm³/mol. The van der Waals surface area contributed by atoms with Crippen LogP contribution >= 0.6 is 0 Å². The Morgan fingerprint density at radius 3 is 2.96 bits per heavy atom. The van der Waals surface area contributed by atoms with Crippen molar-refractivity contribution >= 4 is 21.6 Å². The summed E-state index contributed by atoms with van der Waals surface area (Å²) in [6, 6.07) is 3.64. The van der Waals surface area contributed by atoms with E-state index in [4.69, 9.17) is 0 Å². The van der Waals surface area contributed by atoms with Crippen LogP contribution in [-0.2, 0) is 14.8 Å². The second kappa shape index (κ2) is 6.48. The van der Waals surface area contributed by atoms with Gasteiger partial charge in [-0.3, -0.25) is 4.79 Å². The van der Waals surface area contributed by atoms with Gasteiger partial charge in [-0.15, -0.1) is 0 Å². The van der Waals surface area contributed by atoms with E-state index in [2.05, 4.69) is 14.8 Å². The molecular weight excluding hydrogens is 330 g/mol. The normalized spacial score (nSPS) is 18.9. The fourth-order valence-electron chi connectivity index (χ4n) is 3.03. The zero-order chi connectivity index (χ0) is 17.3. The molecule has 1 aliphatic heterocycles. The number of hydrogen-bond donors (Lipinski definition) is 1. The molecule has 8 nitrogen and oxygen atoms in total. The van der Waals surface area contributed by atoms with Gasteiger partial charge in [-0.05, 0) is 32.3 Å². The number of fused-ring (bicyclic) bond motifs is 1. The summed E-state index contributed by atoms with van der Waals surface area (Å²) in [4.78, 5) is 18.8. The Kier molecular flexibility index (Phi) is 4.55. The molecule has 1 N–H and O–H groups in total. The highest BCUT2D eigenvalue weighted by Gasteiger charge is 2.29. The Balaban J connectivity index is 1.83. The van der Waals surface area contributed by atoms with Crippen LogP contribution in [0.25, 0.3) is 5.65 Å². The largest absolute Gasteiger partial charge is 0.333 e. The lowest BCUT2D eigenvalue weighted by Gasteiger charge is -2.35. The minimum absolute atomic E-state index is 0.132. The van der Waals surface area contributed by atoms with Crippen molar-refractivity contribution in [2.45, 2.75) is 32.2 Å². The quantitative estimate of drug-likeness (QED) is 0.872. The fraction of sp³-hybridized carbons (Fsp3) is 0.533. The van der Waals surface area contributed by atoms with Gasteiger partial charge in [0.25, 0.3) is 0 Å². The average Bonchev–Trinajstić information content (AvgIpc) is 2.91. The number of nitrogens with zero attached hydrogens (tertiary/aromatic N) is 4. The number of carbonyl (C=O) groups excluding carboxylic acids is 1. The molecule has 1 aliphatic rings. The van der Waals surface area contributed by atoms with Gasteiger partial charge in [0.15, 0.2) is 5.65 Å². The lowest BCUT2D eigenvalue weighted by Crippen LogP contribution is -2.44. The summed E-state index contributed by atoms with van der Waals surface area (Å²) < 4.78 is 26.4. The van der Waals surface area contributed by atoms with E-state index in [9.17, 15) is 13.2 Å². The van der Waals surface area contributed by atoms with Crippen LogP contribution in [0.2, 0.25) is 0 Å². The van der Waals surface area contributed by atoms with Crippen molar-refractivity contribution in [3.8, 4) is 0 Å². The highest BCUT2D eigenvalue weighted by molar-refractivity contribution is 7.88. The van der Waals surface area contributed by atoms with Crippen molar-refractivity contribution in [2.75, 3.05) is 19.3 Å². The van der Waals surface area contributed by atoms with E-state index in [1.54, 1.807) is 9.42 Å². The molecule has 1 saturated heterocycles. The van der Waals surface area contributed by atoms with Crippen LogP contribution in [0.1, 0.15) is 36.7 Å². The highest BCUT2D eigenvalue weighted by Crippen LogP contribution is 2.30. The van der Waals surface area contributed by atoms with Gasteiger partial charge in [0.2, 0.25) is 15.9 Å². The SMILES string of the molecule is Cc1cc2nc(C3CCCCN3C(=O)CNS(C)(=O)=O)ccn2n1. The third-order valence-electron chi connectivity index (χ3n) is 4.12. The highest BCUT2D eigenvalue weighted by atomic mass is 32.2. The van der Waals surface area contributed by atoms with Crippen LogP contribution in [0.4, 0.5) is 0 Å². The average molecular weight is 351 g/mol. The smallest absolute Gasteiger partial charge is 0.238 e. The second-order valence-electron chi connectivity index (χ2n) is 6.13. The summed E-state index contributed by atoms with van der Waals surface area (Å²) in [6.07, 6.45) is 5.64. The maximum atomic E-state index is 12.4. The van der Waals surface area contributed by atoms with Gasteiger partial charge in [-0.25, -0.2) is 22.6 Å². The Morgan fingerprint density at radius 2 is 2.21 bits per heavy atom. The number of rotatable bonds is 4. The van der Waals surface area contributed by atoms with Crippen LogP contribution in [-0.4, -0.2) is 53.2 Å². The van der Waals surface area contributed by atoms with Crippen LogP contribution in [0, 0.1) is 6.92 Å². The van der Waals surface area contributed by atoms with Crippen LogP contribution in [0.15, 0.2) is 18.3 Å². The molecule has 0 aromatic carbocycles. The number of carbonyl (C=O) groups is 1. The van der Waals surface area contributed by atoms with Gasteiger partial charge >= 0.3 is 0 Å². The molecule has 1 fully saturated rings. The number of piperidine rings is 1. The maximum Gasteiger partial charge on any atom is 0.238 e. The van der Waals surface area contributed by atoms with Gasteiger partial charge in [0.05, 0.1) is 30.2 Å². The summed E-state index contributed by atoms with van der Waals surface area (Å²) >= 11 is 0. The number of hydrogen-bond acceptors (Lipinski definition) is 5. The van der Waals surface area contributed by atoms with Crippen molar-refractivity contribution < 1.29 is 13.2 Å². The molecule has 2 aromatic rings. The molecule has 1 amide bonds. The van der Waals surface area contributed by atoms with Gasteiger partial charge in [0.1, 0.15) is 0 Å². The summed E-state index contributed by atoms with van der Waals surface area (Å²) in [6.45, 7) is 2.30. The molecular formula is C15H21N5O3S. The summed E-state index contributed by atoms with van der Waals surface area (Å²) in [5.41, 5.74) is 2.45. The molecule has 0 spiro atoms. The molecule has 9 heteroatoms. The summed E-state index contributed by atoms with van der Waals surface area (Å²) in [5.74, 6) is -0.225. The van der Waals surface area contributed by atoms with Crippen LogP contribution in [0.5, 0.6) is 0 Å². The summed E-state index contributed by atoms with van der Waals surface area (Å²) in [5, 5.41) is 4.31. The zero-order valence-electron chi connectivity index (χ0n) is 13.8. The first-order valence-electron chi connectivity index (χ1n) is 7.90. The first-order valence-corrected chi connectivity index (χ1v) is 9.80. The lowest BCUT2D eigenvalue weighted by molar-refractivity contribution is -0.133. The number of aromatic nitrogens is 3. The molecule has 1 unspecified atom stereocenters. The topological polar surface area (TPSA) is 96.7 Å². The minimum Gasteiger partial charge on any atom is -0.333 e. The Morgan fingerprint density at radius 1 is 1.42 bits per heavy atom. The van der Waals surface area contributed by atoms with Crippen LogP contribution in [0.3, 0.4) is 0 Å². The number of sulfonamides is 1. The van der Waals surface area contributed by atoms with E-state index in [0.717, 1.165) is 42.6 Å².